The van der Waals surface area contributed by atoms with Crippen molar-refractivity contribution in [3.05, 3.63) is 71.3 Å². The summed E-state index contributed by atoms with van der Waals surface area (Å²) >= 11 is 0. The van der Waals surface area contributed by atoms with Gasteiger partial charge in [-0.05, 0) is 16.7 Å². The second-order valence-corrected chi connectivity index (χ2v) is 8.10. The van der Waals surface area contributed by atoms with Gasteiger partial charge in [-0.2, -0.15) is 5.10 Å². The van der Waals surface area contributed by atoms with Gasteiger partial charge in [0.15, 0.2) is 6.04 Å². The van der Waals surface area contributed by atoms with E-state index in [9.17, 15) is 39.4 Å². The lowest BCUT2D eigenvalue weighted by molar-refractivity contribution is -0.155. The Hall–Kier alpha value is -4.98. The lowest BCUT2D eigenvalue weighted by Gasteiger charge is -2.33. The molecule has 38 heavy (non-hydrogen) atoms. The number of nitrogens with one attached hydrogen (secondary N) is 2. The first-order valence-electron chi connectivity index (χ1n) is 11.2. The SMILES string of the molecule is CC(=O)N[C@@H](CC(=O)O)C(=O)N(NC(=O)N(O)Cc1ccc(C=NN)cc1)[C@@H](Cc1ccccc1)C(=O)O. The average molecular weight is 529 g/mol. The molecule has 0 heterocycles. The van der Waals surface area contributed by atoms with Crippen LogP contribution in [0.4, 0.5) is 4.79 Å². The molecule has 0 aliphatic rings. The number of carbonyl (C=O) groups is 5. The molecule has 2 aromatic rings. The number of hydrogen-bond donors (Lipinski definition) is 6. The average Bonchev–Trinajstić information content (AvgIpc) is 2.86. The number of hydroxylamine groups is 2. The summed E-state index contributed by atoms with van der Waals surface area (Å²) in [6.07, 6.45) is 0.222. The number of carboxylic acids is 2. The lowest BCUT2D eigenvalue weighted by atomic mass is 10.0. The van der Waals surface area contributed by atoms with Gasteiger partial charge in [0.2, 0.25) is 5.91 Å². The van der Waals surface area contributed by atoms with E-state index in [-0.39, 0.29) is 18.0 Å². The molecule has 0 saturated carbocycles. The second-order valence-electron chi connectivity index (χ2n) is 8.10. The summed E-state index contributed by atoms with van der Waals surface area (Å²) in [5, 5.41) is 35.6. The van der Waals surface area contributed by atoms with Crippen LogP contribution in [0.3, 0.4) is 0 Å². The molecule has 7 N–H and O–H groups in total. The standard InChI is InChI=1S/C24H28N6O8/c1-15(31)27-19(12-21(32)33)22(34)30(20(23(35)36)11-16-5-3-2-4-6-16)28-24(37)29(38)14-18-9-7-17(8-10-18)13-26-25/h2-10,13,19-20,38H,11-12,14,25H2,1H3,(H,27,31)(H,28,37)(H,32,33)(H,35,36)/t19-,20-/m0/s1. The van der Waals surface area contributed by atoms with Crippen LogP contribution in [0.5, 0.6) is 0 Å². The number of carbonyl (C=O) groups excluding carboxylic acids is 3. The van der Waals surface area contributed by atoms with Crippen LogP contribution in [0.25, 0.3) is 0 Å². The Kier molecular flexibility index (Phi) is 10.7. The Morgan fingerprint density at radius 3 is 2.16 bits per heavy atom. The molecular formula is C24H28N6O8. The van der Waals surface area contributed by atoms with Gasteiger partial charge >= 0.3 is 18.0 Å². The summed E-state index contributed by atoms with van der Waals surface area (Å²) < 4.78 is 0. The van der Waals surface area contributed by atoms with Gasteiger partial charge in [-0.3, -0.25) is 19.6 Å². The highest BCUT2D eigenvalue weighted by atomic mass is 16.5. The third-order valence-corrected chi connectivity index (χ3v) is 5.15. The molecule has 202 valence electrons. The number of carboxylic acid groups (broad SMARTS) is 2. The predicted molar refractivity (Wildman–Crippen MR) is 132 cm³/mol. The maximum absolute atomic E-state index is 13.3. The minimum atomic E-state index is -1.72. The zero-order chi connectivity index (χ0) is 28.2. The van der Waals surface area contributed by atoms with E-state index in [1.165, 1.54) is 6.21 Å². The molecule has 0 radical (unpaired) electrons. The number of hydrazone groups is 1. The highest BCUT2D eigenvalue weighted by molar-refractivity contribution is 5.93. The third-order valence-electron chi connectivity index (χ3n) is 5.15. The van der Waals surface area contributed by atoms with Crippen molar-refractivity contribution in [1.82, 2.24) is 20.8 Å². The number of amides is 4. The van der Waals surface area contributed by atoms with E-state index in [0.29, 0.717) is 21.7 Å². The van der Waals surface area contributed by atoms with Gasteiger partial charge in [0.05, 0.1) is 19.2 Å². The van der Waals surface area contributed by atoms with Crippen LogP contribution in [0, 0.1) is 0 Å². The molecule has 0 aromatic heterocycles. The smallest absolute Gasteiger partial charge is 0.360 e. The predicted octanol–water partition coefficient (Wildman–Crippen LogP) is 0.299. The zero-order valence-electron chi connectivity index (χ0n) is 20.4. The van der Waals surface area contributed by atoms with Crippen LogP contribution in [0.2, 0.25) is 0 Å². The first-order valence-corrected chi connectivity index (χ1v) is 11.2. The summed E-state index contributed by atoms with van der Waals surface area (Å²) in [7, 11) is 0. The van der Waals surface area contributed by atoms with E-state index in [4.69, 9.17) is 5.84 Å². The fourth-order valence-corrected chi connectivity index (χ4v) is 3.40. The molecule has 14 nitrogen and oxygen atoms in total. The normalized spacial score (nSPS) is 12.3. The molecule has 0 unspecified atom stereocenters. The number of aliphatic carboxylic acids is 2. The lowest BCUT2D eigenvalue weighted by Crippen LogP contribution is -2.62. The highest BCUT2D eigenvalue weighted by Crippen LogP contribution is 2.13. The van der Waals surface area contributed by atoms with E-state index < -0.39 is 48.3 Å². The van der Waals surface area contributed by atoms with Crippen LogP contribution in [0.1, 0.15) is 30.0 Å². The Balaban J connectivity index is 2.35. The van der Waals surface area contributed by atoms with Gasteiger partial charge in [-0.15, -0.1) is 0 Å². The van der Waals surface area contributed by atoms with Crippen molar-refractivity contribution in [3.8, 4) is 0 Å². The number of nitrogens with two attached hydrogens (primary N) is 1. The largest absolute Gasteiger partial charge is 0.481 e. The number of benzene rings is 2. The van der Waals surface area contributed by atoms with Crippen LogP contribution in [0.15, 0.2) is 59.7 Å². The Bertz CT molecular complexity index is 1160. The van der Waals surface area contributed by atoms with Crippen LogP contribution < -0.4 is 16.6 Å². The van der Waals surface area contributed by atoms with Crippen molar-refractivity contribution < 1.29 is 39.4 Å². The summed E-state index contributed by atoms with van der Waals surface area (Å²) in [5.41, 5.74) is 3.67. The van der Waals surface area contributed by atoms with Gasteiger partial charge in [0, 0.05) is 13.3 Å². The summed E-state index contributed by atoms with van der Waals surface area (Å²) in [6, 6.07) is 9.87. The van der Waals surface area contributed by atoms with Gasteiger partial charge < -0.3 is 21.4 Å². The van der Waals surface area contributed by atoms with Gasteiger partial charge in [-0.1, -0.05) is 54.6 Å². The van der Waals surface area contributed by atoms with Crippen molar-refractivity contribution in [3.63, 3.8) is 0 Å². The van der Waals surface area contributed by atoms with E-state index in [0.717, 1.165) is 6.92 Å². The molecule has 4 amide bonds. The molecule has 2 atom stereocenters. The summed E-state index contributed by atoms with van der Waals surface area (Å²) in [4.78, 5) is 61.3. The topological polar surface area (TPSA) is 215 Å². The molecule has 0 spiro atoms. The Morgan fingerprint density at radius 2 is 1.63 bits per heavy atom. The molecule has 0 aliphatic carbocycles. The molecule has 0 saturated heterocycles. The fourth-order valence-electron chi connectivity index (χ4n) is 3.40. The maximum atomic E-state index is 13.3. The van der Waals surface area contributed by atoms with E-state index in [1.54, 1.807) is 54.6 Å². The maximum Gasteiger partial charge on any atom is 0.360 e. The number of nitrogens with zero attached hydrogens (tertiary/aromatic N) is 3. The quantitative estimate of drug-likeness (QED) is 0.102. The van der Waals surface area contributed by atoms with Gasteiger partial charge in [0.1, 0.15) is 6.04 Å². The molecule has 0 fully saturated rings. The first kappa shape index (κ1) is 29.3. The van der Waals surface area contributed by atoms with Crippen LogP contribution >= 0.6 is 0 Å². The second kappa shape index (κ2) is 13.9. The van der Waals surface area contributed by atoms with E-state index >= 15 is 0 Å². The van der Waals surface area contributed by atoms with Crippen LogP contribution in [-0.4, -0.2) is 73.6 Å². The first-order chi connectivity index (χ1) is 18.0. The monoisotopic (exact) mass is 528 g/mol. The number of rotatable bonds is 11. The number of urea groups is 1. The van der Waals surface area contributed by atoms with E-state index in [1.807, 2.05) is 0 Å². The highest BCUT2D eigenvalue weighted by Gasteiger charge is 2.37. The molecule has 0 bridgehead atoms. The molecular weight excluding hydrogens is 500 g/mol. The Morgan fingerprint density at radius 1 is 1.00 bits per heavy atom. The van der Waals surface area contributed by atoms with Gasteiger partial charge in [-0.25, -0.2) is 25.1 Å². The molecule has 2 aromatic carbocycles. The summed E-state index contributed by atoms with van der Waals surface area (Å²) in [6.45, 7) is 0.693. The van der Waals surface area contributed by atoms with Crippen LogP contribution in [-0.2, 0) is 32.1 Å². The van der Waals surface area contributed by atoms with Gasteiger partial charge in [0.25, 0.3) is 5.91 Å². The van der Waals surface area contributed by atoms with Crippen molar-refractivity contribution in [2.75, 3.05) is 0 Å². The van der Waals surface area contributed by atoms with E-state index in [2.05, 4.69) is 15.8 Å². The number of hydrazine groups is 1. The Labute approximate surface area is 217 Å². The molecule has 0 aliphatic heterocycles. The van der Waals surface area contributed by atoms with Crippen molar-refractivity contribution in [1.29, 1.82) is 0 Å². The fraction of sp³-hybridized carbons (Fsp3) is 0.250. The summed E-state index contributed by atoms with van der Waals surface area (Å²) in [5.74, 6) is 0.154. The minimum absolute atomic E-state index is 0.207. The zero-order valence-corrected chi connectivity index (χ0v) is 20.4. The molecule has 14 heteroatoms. The minimum Gasteiger partial charge on any atom is -0.481 e. The van der Waals surface area contributed by atoms with Crippen molar-refractivity contribution >= 4 is 36.0 Å². The number of hydrogen-bond acceptors (Lipinski definition) is 8. The van der Waals surface area contributed by atoms with Crippen molar-refractivity contribution in [2.45, 2.75) is 38.4 Å². The molecule has 2 rings (SSSR count). The van der Waals surface area contributed by atoms with Crippen molar-refractivity contribution in [2.24, 2.45) is 10.9 Å². The third kappa shape index (κ3) is 8.91.